The van der Waals surface area contributed by atoms with Crippen LogP contribution < -0.4 is 10.5 Å². The minimum Gasteiger partial charge on any atom is -0.477 e. The molecule has 0 unspecified atom stereocenters. The molecule has 1 fully saturated rings. The molecule has 0 aliphatic heterocycles. The molecule has 1 aliphatic rings. The van der Waals surface area contributed by atoms with Crippen LogP contribution in [0.2, 0.25) is 0 Å². The van der Waals surface area contributed by atoms with Gasteiger partial charge in [0.2, 0.25) is 5.88 Å². The van der Waals surface area contributed by atoms with Gasteiger partial charge in [-0.05, 0) is 24.8 Å². The highest BCUT2D eigenvalue weighted by Gasteiger charge is 2.33. The van der Waals surface area contributed by atoms with Crippen LogP contribution in [0.4, 0.5) is 13.2 Å². The number of hydrogen-bond donors (Lipinski definition) is 1. The summed E-state index contributed by atoms with van der Waals surface area (Å²) in [6.45, 7) is 0.534. The zero-order chi connectivity index (χ0) is 14.6. The Morgan fingerprint density at radius 3 is 2.50 bits per heavy atom. The Morgan fingerprint density at radius 2 is 1.90 bits per heavy atom. The van der Waals surface area contributed by atoms with Gasteiger partial charge in [0.05, 0.1) is 6.61 Å². The van der Waals surface area contributed by atoms with Crippen molar-refractivity contribution in [1.82, 2.24) is 4.98 Å². The summed E-state index contributed by atoms with van der Waals surface area (Å²) in [7, 11) is 0. The van der Waals surface area contributed by atoms with Crippen molar-refractivity contribution in [3.8, 4) is 5.88 Å². The molecule has 1 heterocycles. The molecule has 0 bridgehead atoms. The Kier molecular flexibility index (Phi) is 4.86. The number of halogens is 3. The highest BCUT2D eigenvalue weighted by atomic mass is 19.4. The third-order valence-electron chi connectivity index (χ3n) is 3.63. The number of ether oxygens (including phenoxy) is 1. The number of pyridine rings is 1. The summed E-state index contributed by atoms with van der Waals surface area (Å²) >= 11 is 0. The zero-order valence-electron chi connectivity index (χ0n) is 11.2. The number of hydrogen-bond acceptors (Lipinski definition) is 3. The first-order chi connectivity index (χ1) is 9.50. The van der Waals surface area contributed by atoms with E-state index >= 15 is 0 Å². The van der Waals surface area contributed by atoms with Crippen LogP contribution in [-0.2, 0) is 12.7 Å². The maximum absolute atomic E-state index is 12.6. The van der Waals surface area contributed by atoms with Gasteiger partial charge in [0, 0.05) is 12.1 Å². The van der Waals surface area contributed by atoms with Gasteiger partial charge in [0.1, 0.15) is 5.69 Å². The number of alkyl halides is 3. The molecular formula is C14H19F3N2O. The van der Waals surface area contributed by atoms with E-state index in [-0.39, 0.29) is 12.4 Å². The molecule has 20 heavy (non-hydrogen) atoms. The molecule has 0 spiro atoms. The van der Waals surface area contributed by atoms with Crippen LogP contribution >= 0.6 is 0 Å². The molecular weight excluding hydrogens is 269 g/mol. The summed E-state index contributed by atoms with van der Waals surface area (Å²) in [5.74, 6) is 0.429. The third kappa shape index (κ3) is 3.85. The Bertz CT molecular complexity index is 443. The van der Waals surface area contributed by atoms with E-state index in [9.17, 15) is 13.2 Å². The number of rotatable bonds is 4. The van der Waals surface area contributed by atoms with E-state index in [1.54, 1.807) is 0 Å². The number of nitrogens with two attached hydrogens (primary N) is 1. The lowest BCUT2D eigenvalue weighted by Gasteiger charge is -2.22. The first-order valence-corrected chi connectivity index (χ1v) is 6.90. The van der Waals surface area contributed by atoms with Gasteiger partial charge in [-0.15, -0.1) is 0 Å². The minimum absolute atomic E-state index is 0.0212. The lowest BCUT2D eigenvalue weighted by atomic mass is 9.90. The molecule has 1 saturated carbocycles. The largest absolute Gasteiger partial charge is 0.477 e. The van der Waals surface area contributed by atoms with Crippen LogP contribution in [0.5, 0.6) is 5.88 Å². The van der Waals surface area contributed by atoms with Crippen LogP contribution in [0.1, 0.15) is 43.4 Å². The molecule has 2 rings (SSSR count). The SMILES string of the molecule is NCc1ccc(C(F)(F)F)nc1OCC1CCCCC1. The first kappa shape index (κ1) is 15.1. The smallest absolute Gasteiger partial charge is 0.433 e. The Balaban J connectivity index is 2.07. The van der Waals surface area contributed by atoms with E-state index in [0.29, 0.717) is 18.1 Å². The molecule has 112 valence electrons. The van der Waals surface area contributed by atoms with Crippen molar-refractivity contribution in [2.24, 2.45) is 11.7 Å². The summed E-state index contributed by atoms with van der Waals surface area (Å²) in [4.78, 5) is 3.57. The molecule has 1 aromatic heterocycles. The second kappa shape index (κ2) is 6.43. The molecule has 1 aliphatic carbocycles. The summed E-state index contributed by atoms with van der Waals surface area (Å²) in [5, 5.41) is 0. The van der Waals surface area contributed by atoms with Crippen molar-refractivity contribution in [2.75, 3.05) is 6.61 Å². The predicted octanol–water partition coefficient (Wildman–Crippen LogP) is 3.52. The molecule has 1 aromatic rings. The second-order valence-electron chi connectivity index (χ2n) is 5.18. The summed E-state index contributed by atoms with van der Waals surface area (Å²) in [6, 6.07) is 2.28. The quantitative estimate of drug-likeness (QED) is 0.922. The Hall–Kier alpha value is -1.30. The van der Waals surface area contributed by atoms with Crippen molar-refractivity contribution < 1.29 is 17.9 Å². The van der Waals surface area contributed by atoms with Gasteiger partial charge >= 0.3 is 6.18 Å². The van der Waals surface area contributed by atoms with E-state index in [0.717, 1.165) is 31.7 Å². The zero-order valence-corrected chi connectivity index (χ0v) is 11.2. The van der Waals surface area contributed by atoms with E-state index in [1.165, 1.54) is 12.5 Å². The van der Waals surface area contributed by atoms with Crippen LogP contribution in [-0.4, -0.2) is 11.6 Å². The molecule has 3 nitrogen and oxygen atoms in total. The first-order valence-electron chi connectivity index (χ1n) is 6.90. The molecule has 0 radical (unpaired) electrons. The monoisotopic (exact) mass is 288 g/mol. The van der Waals surface area contributed by atoms with Gasteiger partial charge in [-0.25, -0.2) is 4.98 Å². The van der Waals surface area contributed by atoms with Gasteiger partial charge in [-0.3, -0.25) is 0 Å². The molecule has 0 saturated heterocycles. The van der Waals surface area contributed by atoms with Crippen molar-refractivity contribution in [2.45, 2.75) is 44.8 Å². The average Bonchev–Trinajstić information content (AvgIpc) is 2.45. The number of nitrogens with zero attached hydrogens (tertiary/aromatic N) is 1. The van der Waals surface area contributed by atoms with Crippen LogP contribution in [0, 0.1) is 5.92 Å². The Labute approximate surface area is 116 Å². The topological polar surface area (TPSA) is 48.1 Å². The fourth-order valence-corrected chi connectivity index (χ4v) is 2.46. The summed E-state index contributed by atoms with van der Waals surface area (Å²) in [5.41, 5.74) is 5.09. The van der Waals surface area contributed by atoms with Gasteiger partial charge in [-0.1, -0.05) is 25.3 Å². The standard InChI is InChI=1S/C14H19F3N2O/c15-14(16,17)12-7-6-11(8-18)13(19-12)20-9-10-4-2-1-3-5-10/h6-7,10H,1-5,8-9,18H2. The molecule has 0 amide bonds. The van der Waals surface area contributed by atoms with Crippen LogP contribution in [0.3, 0.4) is 0 Å². The van der Waals surface area contributed by atoms with Gasteiger partial charge in [-0.2, -0.15) is 13.2 Å². The molecule has 0 atom stereocenters. The average molecular weight is 288 g/mol. The van der Waals surface area contributed by atoms with Crippen molar-refractivity contribution >= 4 is 0 Å². The normalized spacial score (nSPS) is 17.2. The molecule has 6 heteroatoms. The van der Waals surface area contributed by atoms with E-state index in [2.05, 4.69) is 4.98 Å². The van der Waals surface area contributed by atoms with Crippen LogP contribution in [0.25, 0.3) is 0 Å². The van der Waals surface area contributed by atoms with E-state index in [1.807, 2.05) is 0 Å². The van der Waals surface area contributed by atoms with Crippen molar-refractivity contribution in [3.05, 3.63) is 23.4 Å². The van der Waals surface area contributed by atoms with E-state index < -0.39 is 11.9 Å². The van der Waals surface area contributed by atoms with Crippen LogP contribution in [0.15, 0.2) is 12.1 Å². The van der Waals surface area contributed by atoms with Crippen molar-refractivity contribution in [3.63, 3.8) is 0 Å². The van der Waals surface area contributed by atoms with Gasteiger partial charge < -0.3 is 10.5 Å². The Morgan fingerprint density at radius 1 is 1.20 bits per heavy atom. The lowest BCUT2D eigenvalue weighted by molar-refractivity contribution is -0.141. The molecule has 0 aromatic carbocycles. The minimum atomic E-state index is -4.46. The lowest BCUT2D eigenvalue weighted by Crippen LogP contribution is -2.18. The third-order valence-corrected chi connectivity index (χ3v) is 3.63. The number of aromatic nitrogens is 1. The fourth-order valence-electron chi connectivity index (χ4n) is 2.46. The maximum atomic E-state index is 12.6. The predicted molar refractivity (Wildman–Crippen MR) is 69.2 cm³/mol. The highest BCUT2D eigenvalue weighted by Crippen LogP contribution is 2.31. The van der Waals surface area contributed by atoms with Gasteiger partial charge in [0.15, 0.2) is 0 Å². The molecule has 2 N–H and O–H groups in total. The maximum Gasteiger partial charge on any atom is 0.433 e. The van der Waals surface area contributed by atoms with E-state index in [4.69, 9.17) is 10.5 Å². The van der Waals surface area contributed by atoms with Gasteiger partial charge in [0.25, 0.3) is 0 Å². The second-order valence-corrected chi connectivity index (χ2v) is 5.18. The van der Waals surface area contributed by atoms with Crippen molar-refractivity contribution in [1.29, 1.82) is 0 Å². The fraction of sp³-hybridized carbons (Fsp3) is 0.643. The highest BCUT2D eigenvalue weighted by molar-refractivity contribution is 5.29. The summed E-state index contributed by atoms with van der Waals surface area (Å²) < 4.78 is 43.5. The summed E-state index contributed by atoms with van der Waals surface area (Å²) in [6.07, 6.45) is 1.22.